The van der Waals surface area contributed by atoms with Gasteiger partial charge in [0, 0.05) is 51.8 Å². The minimum absolute atomic E-state index is 0.00172. The molecule has 0 bridgehead atoms. The highest BCUT2D eigenvalue weighted by Crippen LogP contribution is 2.39. The molecule has 128 valence electrons. The summed E-state index contributed by atoms with van der Waals surface area (Å²) in [5.41, 5.74) is 1.04. The predicted octanol–water partition coefficient (Wildman–Crippen LogP) is 1.96. The van der Waals surface area contributed by atoms with E-state index in [4.69, 9.17) is 4.74 Å². The molecule has 1 aliphatic rings. The van der Waals surface area contributed by atoms with Crippen molar-refractivity contribution in [2.75, 3.05) is 40.9 Å². The van der Waals surface area contributed by atoms with Crippen molar-refractivity contribution in [3.63, 3.8) is 0 Å². The number of pyridine rings is 1. The zero-order chi connectivity index (χ0) is 17.3. The Bertz CT molecular complexity index is 772. The van der Waals surface area contributed by atoms with Crippen molar-refractivity contribution in [1.29, 1.82) is 0 Å². The van der Waals surface area contributed by atoms with Crippen molar-refractivity contribution in [2.24, 2.45) is 0 Å². The number of aromatic nitrogens is 1. The quantitative estimate of drug-likeness (QED) is 0.848. The average molecular weight is 347 g/mol. The van der Waals surface area contributed by atoms with E-state index in [1.807, 2.05) is 17.0 Å². The van der Waals surface area contributed by atoms with Crippen molar-refractivity contribution in [1.82, 2.24) is 14.8 Å². The summed E-state index contributed by atoms with van der Waals surface area (Å²) in [5.74, 6) is 0.149. The topological polar surface area (TPSA) is 62.7 Å². The van der Waals surface area contributed by atoms with Gasteiger partial charge in [-0.1, -0.05) is 6.07 Å². The predicted molar refractivity (Wildman–Crippen MR) is 93.5 cm³/mol. The van der Waals surface area contributed by atoms with E-state index in [0.29, 0.717) is 13.1 Å². The fourth-order valence-corrected chi connectivity index (χ4v) is 4.41. The van der Waals surface area contributed by atoms with E-state index in [2.05, 4.69) is 4.98 Å². The number of hydrogen-bond acceptors (Lipinski definition) is 5. The fourth-order valence-electron chi connectivity index (χ4n) is 3.16. The van der Waals surface area contributed by atoms with Crippen LogP contribution in [0.2, 0.25) is 0 Å². The molecule has 24 heavy (non-hydrogen) atoms. The van der Waals surface area contributed by atoms with Crippen LogP contribution < -0.4 is 0 Å². The molecule has 0 N–H and O–H groups in total. The molecule has 3 heterocycles. The first-order valence-electron chi connectivity index (χ1n) is 7.88. The Morgan fingerprint density at radius 1 is 1.46 bits per heavy atom. The van der Waals surface area contributed by atoms with Gasteiger partial charge in [0.2, 0.25) is 5.91 Å². The van der Waals surface area contributed by atoms with E-state index < -0.39 is 0 Å². The third-order valence-corrected chi connectivity index (χ3v) is 5.44. The molecule has 0 saturated carbocycles. The van der Waals surface area contributed by atoms with Gasteiger partial charge in [0.25, 0.3) is 5.91 Å². The van der Waals surface area contributed by atoms with Crippen LogP contribution >= 0.6 is 11.3 Å². The Hall–Kier alpha value is -1.99. The molecule has 2 amide bonds. The van der Waals surface area contributed by atoms with Gasteiger partial charge in [-0.3, -0.25) is 9.59 Å². The van der Waals surface area contributed by atoms with Crippen LogP contribution in [0.4, 0.5) is 0 Å². The van der Waals surface area contributed by atoms with Crippen LogP contribution in [0.15, 0.2) is 18.3 Å². The molecule has 0 aromatic carbocycles. The normalized spacial score (nSPS) is 17.5. The second-order valence-corrected chi connectivity index (χ2v) is 7.16. The van der Waals surface area contributed by atoms with E-state index in [-0.39, 0.29) is 24.3 Å². The van der Waals surface area contributed by atoms with Crippen LogP contribution in [-0.2, 0) is 9.53 Å². The Kier molecular flexibility index (Phi) is 4.82. The summed E-state index contributed by atoms with van der Waals surface area (Å²) in [5, 5.41) is 1.03. The second-order valence-electron chi connectivity index (χ2n) is 6.16. The number of rotatable bonds is 4. The summed E-state index contributed by atoms with van der Waals surface area (Å²) in [4.78, 5) is 34.1. The van der Waals surface area contributed by atoms with E-state index in [1.54, 1.807) is 25.2 Å². The summed E-state index contributed by atoms with van der Waals surface area (Å²) in [7, 11) is 5.04. The van der Waals surface area contributed by atoms with Gasteiger partial charge in [0.15, 0.2) is 0 Å². The summed E-state index contributed by atoms with van der Waals surface area (Å²) >= 11 is 1.44. The maximum Gasteiger partial charge on any atom is 0.263 e. The zero-order valence-electron chi connectivity index (χ0n) is 14.1. The highest BCUT2D eigenvalue weighted by molar-refractivity contribution is 7.20. The molecule has 0 aliphatic carbocycles. The maximum absolute atomic E-state index is 12.6. The lowest BCUT2D eigenvalue weighted by Crippen LogP contribution is -2.31. The Morgan fingerprint density at radius 2 is 2.25 bits per heavy atom. The van der Waals surface area contributed by atoms with Gasteiger partial charge < -0.3 is 14.5 Å². The zero-order valence-corrected chi connectivity index (χ0v) is 14.9. The number of amides is 2. The molecule has 3 rings (SSSR count). The molecule has 1 atom stereocenters. The van der Waals surface area contributed by atoms with Crippen molar-refractivity contribution in [3.05, 3.63) is 28.8 Å². The number of carbonyl (C=O) groups excluding carboxylic acids is 2. The van der Waals surface area contributed by atoms with Crippen molar-refractivity contribution < 1.29 is 14.3 Å². The number of thiophene rings is 1. The molecule has 7 heteroatoms. The molecule has 6 nitrogen and oxygen atoms in total. The van der Waals surface area contributed by atoms with Crippen molar-refractivity contribution in [2.45, 2.75) is 12.3 Å². The minimum atomic E-state index is -0.00494. The molecule has 1 fully saturated rings. The molecule has 1 unspecified atom stereocenters. The van der Waals surface area contributed by atoms with Gasteiger partial charge in [-0.2, -0.15) is 0 Å². The fraction of sp³-hybridized carbons (Fsp3) is 0.471. The van der Waals surface area contributed by atoms with Gasteiger partial charge in [0.05, 0.1) is 4.88 Å². The van der Waals surface area contributed by atoms with Gasteiger partial charge >= 0.3 is 0 Å². The van der Waals surface area contributed by atoms with E-state index in [9.17, 15) is 9.59 Å². The van der Waals surface area contributed by atoms with Crippen LogP contribution in [0, 0.1) is 0 Å². The van der Waals surface area contributed by atoms with Crippen molar-refractivity contribution in [3.8, 4) is 0 Å². The van der Waals surface area contributed by atoms with Crippen LogP contribution in [0.25, 0.3) is 10.2 Å². The molecular weight excluding hydrogens is 326 g/mol. The lowest BCUT2D eigenvalue weighted by atomic mass is 9.95. The first kappa shape index (κ1) is 16.9. The van der Waals surface area contributed by atoms with Crippen LogP contribution in [0.3, 0.4) is 0 Å². The third kappa shape index (κ3) is 3.01. The molecule has 2 aromatic heterocycles. The summed E-state index contributed by atoms with van der Waals surface area (Å²) < 4.78 is 4.95. The number of likely N-dealkylation sites (tertiary alicyclic amines) is 1. The van der Waals surface area contributed by atoms with Gasteiger partial charge in [-0.15, -0.1) is 11.3 Å². The average Bonchev–Trinajstić information content (AvgIpc) is 3.18. The van der Waals surface area contributed by atoms with E-state index >= 15 is 0 Å². The summed E-state index contributed by atoms with van der Waals surface area (Å²) in [6.45, 7) is 1.42. The van der Waals surface area contributed by atoms with Crippen molar-refractivity contribution >= 4 is 33.4 Å². The van der Waals surface area contributed by atoms with Crippen LogP contribution in [0.1, 0.15) is 27.6 Å². The van der Waals surface area contributed by atoms with Gasteiger partial charge in [0.1, 0.15) is 11.4 Å². The molecular formula is C17H21N3O3S. The Morgan fingerprint density at radius 3 is 2.96 bits per heavy atom. The number of carbonyl (C=O) groups is 2. The van der Waals surface area contributed by atoms with Gasteiger partial charge in [-0.05, 0) is 18.1 Å². The molecule has 0 radical (unpaired) electrons. The van der Waals surface area contributed by atoms with Crippen LogP contribution in [0.5, 0.6) is 0 Å². The highest BCUT2D eigenvalue weighted by Gasteiger charge is 2.33. The monoisotopic (exact) mass is 347 g/mol. The number of fused-ring (bicyclic) bond motifs is 1. The number of ether oxygens (including phenoxy) is 1. The SMILES string of the molecule is COCC(=O)N1CCC(c2c(C(=O)N(C)C)sc3ncccc23)C1. The molecule has 1 saturated heterocycles. The smallest absolute Gasteiger partial charge is 0.263 e. The highest BCUT2D eigenvalue weighted by atomic mass is 32.1. The Labute approximate surface area is 145 Å². The third-order valence-electron chi connectivity index (χ3n) is 4.32. The molecule has 0 spiro atoms. The van der Waals surface area contributed by atoms with Crippen LogP contribution in [-0.4, -0.2) is 67.5 Å². The number of nitrogens with zero attached hydrogens (tertiary/aromatic N) is 3. The molecule has 1 aliphatic heterocycles. The second kappa shape index (κ2) is 6.86. The standard InChI is InChI=1S/C17H21N3O3S/c1-19(2)17(22)15-14(12-5-4-7-18-16(12)24-15)11-6-8-20(9-11)13(21)10-23-3/h4-5,7,11H,6,8-10H2,1-3H3. The minimum Gasteiger partial charge on any atom is -0.375 e. The van der Waals surface area contributed by atoms with E-state index in [1.165, 1.54) is 18.4 Å². The first-order valence-corrected chi connectivity index (χ1v) is 8.70. The maximum atomic E-state index is 12.6. The number of hydrogen-bond donors (Lipinski definition) is 0. The largest absolute Gasteiger partial charge is 0.375 e. The Balaban J connectivity index is 1.98. The number of methoxy groups -OCH3 is 1. The summed E-state index contributed by atoms with van der Waals surface area (Å²) in [6.07, 6.45) is 2.60. The first-order chi connectivity index (χ1) is 11.5. The lowest BCUT2D eigenvalue weighted by molar-refractivity contribution is -0.134. The summed E-state index contributed by atoms with van der Waals surface area (Å²) in [6, 6.07) is 3.91. The van der Waals surface area contributed by atoms with Gasteiger partial charge in [-0.25, -0.2) is 4.98 Å². The molecule has 2 aromatic rings. The lowest BCUT2D eigenvalue weighted by Gasteiger charge is -2.17. The van der Waals surface area contributed by atoms with E-state index in [0.717, 1.165) is 27.1 Å².